The van der Waals surface area contributed by atoms with Crippen molar-refractivity contribution in [3.8, 4) is 11.8 Å². The van der Waals surface area contributed by atoms with E-state index in [1.807, 2.05) is 23.1 Å². The van der Waals surface area contributed by atoms with Crippen LogP contribution >= 0.6 is 0 Å². The summed E-state index contributed by atoms with van der Waals surface area (Å²) in [6.45, 7) is 4.47. The quantitative estimate of drug-likeness (QED) is 0.272. The van der Waals surface area contributed by atoms with Gasteiger partial charge < -0.3 is 15.4 Å². The van der Waals surface area contributed by atoms with Crippen LogP contribution in [0.25, 0.3) is 22.2 Å². The van der Waals surface area contributed by atoms with Crippen LogP contribution in [0.5, 0.6) is 0 Å². The summed E-state index contributed by atoms with van der Waals surface area (Å²) in [4.78, 5) is 55.8. The number of piperidine rings is 1. The minimum absolute atomic E-state index is 0.0461. The minimum Gasteiger partial charge on any atom is -0.465 e. The number of esters is 1. The van der Waals surface area contributed by atoms with E-state index in [4.69, 9.17) is 15.5 Å². The van der Waals surface area contributed by atoms with Gasteiger partial charge in [0.25, 0.3) is 5.56 Å². The van der Waals surface area contributed by atoms with Crippen LogP contribution in [-0.2, 0) is 29.2 Å². The number of nitrogens with zero attached hydrogens (tertiary/aromatic N) is 7. The molecule has 1 atom stereocenters. The van der Waals surface area contributed by atoms with E-state index in [2.05, 4.69) is 21.8 Å². The molecule has 0 radical (unpaired) electrons. The lowest BCUT2D eigenvalue weighted by Crippen LogP contribution is -2.44. The van der Waals surface area contributed by atoms with E-state index < -0.39 is 23.8 Å². The highest BCUT2D eigenvalue weighted by molar-refractivity contribution is 5.78. The number of hydrogen-bond acceptors (Lipinski definition) is 9. The molecule has 4 aromatic heterocycles. The van der Waals surface area contributed by atoms with Gasteiger partial charge >= 0.3 is 11.7 Å². The van der Waals surface area contributed by atoms with Crippen LogP contribution in [0.3, 0.4) is 0 Å². The van der Waals surface area contributed by atoms with Gasteiger partial charge in [0.2, 0.25) is 5.95 Å². The average molecular weight is 531 g/mol. The van der Waals surface area contributed by atoms with Crippen molar-refractivity contribution in [3.05, 3.63) is 57.0 Å². The first kappa shape index (κ1) is 26.1. The van der Waals surface area contributed by atoms with Gasteiger partial charge in [-0.25, -0.2) is 14.8 Å². The fourth-order valence-corrected chi connectivity index (χ4v) is 4.88. The van der Waals surface area contributed by atoms with Crippen LogP contribution in [0.15, 0.2) is 40.1 Å². The van der Waals surface area contributed by atoms with Crippen LogP contribution in [0.2, 0.25) is 0 Å². The van der Waals surface area contributed by atoms with Crippen molar-refractivity contribution in [1.82, 2.24) is 28.7 Å². The molecule has 0 bridgehead atoms. The summed E-state index contributed by atoms with van der Waals surface area (Å²) in [5.74, 6) is 5.76. The molecular weight excluding hydrogens is 500 g/mol. The van der Waals surface area contributed by atoms with Crippen LogP contribution < -0.4 is 21.9 Å². The topological polar surface area (TPSA) is 143 Å². The maximum absolute atomic E-state index is 14.0. The highest BCUT2D eigenvalue weighted by Gasteiger charge is 2.27. The monoisotopic (exact) mass is 530 g/mol. The summed E-state index contributed by atoms with van der Waals surface area (Å²) in [6.07, 6.45) is 3.38. The zero-order valence-electron chi connectivity index (χ0n) is 22.0. The Balaban J connectivity index is 1.73. The molecule has 0 spiro atoms. The Bertz CT molecular complexity index is 1730. The molecule has 0 saturated carbocycles. The molecule has 1 fully saturated rings. The average Bonchev–Trinajstić information content (AvgIpc) is 3.32. The lowest BCUT2D eigenvalue weighted by molar-refractivity contribution is -0.143. The third kappa shape index (κ3) is 5.13. The van der Waals surface area contributed by atoms with Crippen molar-refractivity contribution in [2.45, 2.75) is 52.4 Å². The summed E-state index contributed by atoms with van der Waals surface area (Å²) in [6, 6.07) is 7.23. The Morgan fingerprint density at radius 1 is 1.18 bits per heavy atom. The zero-order chi connectivity index (χ0) is 27.5. The molecule has 0 aliphatic carbocycles. The van der Waals surface area contributed by atoms with E-state index in [1.54, 1.807) is 30.7 Å². The molecule has 2 N–H and O–H groups in total. The van der Waals surface area contributed by atoms with Gasteiger partial charge in [0.1, 0.15) is 6.54 Å². The summed E-state index contributed by atoms with van der Waals surface area (Å²) >= 11 is 0. The molecule has 1 aliphatic heterocycles. The summed E-state index contributed by atoms with van der Waals surface area (Å²) in [5.41, 5.74) is 6.27. The van der Waals surface area contributed by atoms with E-state index in [-0.39, 0.29) is 36.9 Å². The SMILES string of the molecule is CC#CCn1c(N2CCCC(N)C2)nc2c1c(=O)n(Cc1ccc3cccnc3n1)c(=O)n2CC(=O)OCC. The number of rotatable bonds is 7. The Morgan fingerprint density at radius 3 is 2.79 bits per heavy atom. The van der Waals surface area contributed by atoms with Gasteiger partial charge in [-0.05, 0) is 51.0 Å². The van der Waals surface area contributed by atoms with Crippen molar-refractivity contribution < 1.29 is 9.53 Å². The van der Waals surface area contributed by atoms with Gasteiger partial charge in [-0.2, -0.15) is 4.98 Å². The smallest absolute Gasteiger partial charge is 0.333 e. The Kier molecular flexibility index (Phi) is 7.42. The minimum atomic E-state index is -0.684. The van der Waals surface area contributed by atoms with E-state index in [1.165, 1.54) is 4.57 Å². The van der Waals surface area contributed by atoms with E-state index in [0.717, 1.165) is 22.8 Å². The number of aromatic nitrogens is 6. The normalized spacial score (nSPS) is 15.4. The fraction of sp³-hybridized carbons (Fsp3) is 0.407. The molecule has 202 valence electrons. The molecule has 0 amide bonds. The summed E-state index contributed by atoms with van der Waals surface area (Å²) < 4.78 is 9.10. The first-order valence-electron chi connectivity index (χ1n) is 12.9. The molecule has 39 heavy (non-hydrogen) atoms. The second kappa shape index (κ2) is 11.1. The zero-order valence-corrected chi connectivity index (χ0v) is 22.0. The van der Waals surface area contributed by atoms with Gasteiger partial charge in [0.05, 0.1) is 25.4 Å². The number of nitrogens with two attached hydrogens (primary N) is 1. The van der Waals surface area contributed by atoms with Crippen LogP contribution in [0, 0.1) is 11.8 Å². The molecule has 12 nitrogen and oxygen atoms in total. The largest absolute Gasteiger partial charge is 0.465 e. The van der Waals surface area contributed by atoms with Crippen LogP contribution in [-0.4, -0.2) is 60.4 Å². The number of pyridine rings is 2. The molecular formula is C27H30N8O4. The van der Waals surface area contributed by atoms with Crippen molar-refractivity contribution >= 4 is 34.1 Å². The first-order valence-corrected chi connectivity index (χ1v) is 12.9. The summed E-state index contributed by atoms with van der Waals surface area (Å²) in [7, 11) is 0. The van der Waals surface area contributed by atoms with Gasteiger partial charge in [0.15, 0.2) is 16.8 Å². The van der Waals surface area contributed by atoms with E-state index in [0.29, 0.717) is 30.4 Å². The van der Waals surface area contributed by atoms with Gasteiger partial charge in [-0.1, -0.05) is 5.92 Å². The molecule has 5 rings (SSSR count). The molecule has 1 unspecified atom stereocenters. The highest BCUT2D eigenvalue weighted by Crippen LogP contribution is 2.23. The number of hydrogen-bond donors (Lipinski definition) is 1. The van der Waals surface area contributed by atoms with Gasteiger partial charge in [0, 0.05) is 30.7 Å². The Morgan fingerprint density at radius 2 is 2.03 bits per heavy atom. The van der Waals surface area contributed by atoms with Crippen molar-refractivity contribution in [2.24, 2.45) is 5.73 Å². The van der Waals surface area contributed by atoms with Crippen LogP contribution in [0.4, 0.5) is 5.95 Å². The van der Waals surface area contributed by atoms with Crippen molar-refractivity contribution in [1.29, 1.82) is 0 Å². The third-order valence-corrected chi connectivity index (χ3v) is 6.68. The number of fused-ring (bicyclic) bond motifs is 2. The molecule has 4 aromatic rings. The molecule has 12 heteroatoms. The number of anilines is 1. The van der Waals surface area contributed by atoms with E-state index >= 15 is 0 Å². The van der Waals surface area contributed by atoms with Crippen LogP contribution in [0.1, 0.15) is 32.4 Å². The predicted molar refractivity (Wildman–Crippen MR) is 146 cm³/mol. The maximum Gasteiger partial charge on any atom is 0.333 e. The first-order chi connectivity index (χ1) is 18.9. The summed E-state index contributed by atoms with van der Waals surface area (Å²) in [5, 5.41) is 0.837. The standard InChI is InChI=1S/C27H30N8O4/c1-3-5-14-33-22-24(31-26(33)32-13-7-9-19(28)15-32)34(17-21(36)39-4-2)27(38)35(25(22)37)16-20-11-10-18-8-6-12-29-23(18)30-20/h6,8,10-12,19H,4,7,9,13-17,28H2,1-2H3. The lowest BCUT2D eigenvalue weighted by Gasteiger charge is -2.31. The fourth-order valence-electron chi connectivity index (χ4n) is 4.88. The van der Waals surface area contributed by atoms with Gasteiger partial charge in [-0.15, -0.1) is 5.92 Å². The Hall–Kier alpha value is -4.50. The predicted octanol–water partition coefficient (Wildman–Crippen LogP) is 0.865. The number of carbonyl (C=O) groups excluding carboxylic acids is 1. The number of carbonyl (C=O) groups is 1. The maximum atomic E-state index is 14.0. The molecule has 5 heterocycles. The molecule has 1 aliphatic rings. The van der Waals surface area contributed by atoms with Crippen molar-refractivity contribution in [2.75, 3.05) is 24.6 Å². The lowest BCUT2D eigenvalue weighted by atomic mass is 10.1. The second-order valence-corrected chi connectivity index (χ2v) is 9.36. The molecule has 1 saturated heterocycles. The highest BCUT2D eigenvalue weighted by atomic mass is 16.5. The van der Waals surface area contributed by atoms with Crippen molar-refractivity contribution in [3.63, 3.8) is 0 Å². The second-order valence-electron chi connectivity index (χ2n) is 9.36. The third-order valence-electron chi connectivity index (χ3n) is 6.68. The van der Waals surface area contributed by atoms with Gasteiger partial charge in [-0.3, -0.25) is 23.3 Å². The van der Waals surface area contributed by atoms with E-state index in [9.17, 15) is 14.4 Å². The Labute approximate surface area is 224 Å². The number of imidazole rings is 1. The molecule has 0 aromatic carbocycles. The number of ether oxygens (including phenoxy) is 1.